The Labute approximate surface area is 102 Å². The van der Waals surface area contributed by atoms with Crippen LogP contribution in [0, 0.1) is 5.92 Å². The van der Waals surface area contributed by atoms with Gasteiger partial charge in [0.2, 0.25) is 5.28 Å². The zero-order valence-corrected chi connectivity index (χ0v) is 10.9. The summed E-state index contributed by atoms with van der Waals surface area (Å²) in [6.07, 6.45) is 0. The molecule has 0 N–H and O–H groups in total. The Hall–Kier alpha value is -0.320. The second kappa shape index (κ2) is 4.68. The number of rotatable bonds is 3. The van der Waals surface area contributed by atoms with Gasteiger partial charge in [0.1, 0.15) is 9.86 Å². The van der Waals surface area contributed by atoms with Crippen molar-refractivity contribution in [1.82, 2.24) is 9.97 Å². The van der Waals surface area contributed by atoms with E-state index in [4.69, 9.17) is 11.6 Å². The number of hydrogen-bond donors (Lipinski definition) is 0. The summed E-state index contributed by atoms with van der Waals surface area (Å²) in [6, 6.07) is 2.05. The Morgan fingerprint density at radius 2 is 2.27 bits per heavy atom. The summed E-state index contributed by atoms with van der Waals surface area (Å²) >= 11 is 9.22. The lowest BCUT2D eigenvalue weighted by atomic mass is 10.3. The van der Waals surface area contributed by atoms with Gasteiger partial charge in [-0.1, -0.05) is 13.8 Å². The Kier molecular flexibility index (Phi) is 3.49. The van der Waals surface area contributed by atoms with E-state index >= 15 is 0 Å². The highest BCUT2D eigenvalue weighted by atomic mass is 35.5. The molecule has 0 aliphatic carbocycles. The van der Waals surface area contributed by atoms with Crippen LogP contribution in [-0.2, 0) is 0 Å². The molecule has 0 saturated heterocycles. The van der Waals surface area contributed by atoms with Gasteiger partial charge in [-0.3, -0.25) is 0 Å². The van der Waals surface area contributed by atoms with Crippen molar-refractivity contribution in [2.24, 2.45) is 5.92 Å². The molecule has 0 radical (unpaired) electrons. The van der Waals surface area contributed by atoms with Crippen molar-refractivity contribution < 1.29 is 0 Å². The summed E-state index contributed by atoms with van der Waals surface area (Å²) in [5.41, 5.74) is 0. The molecular weight excluding hydrogens is 248 g/mol. The third-order valence-electron chi connectivity index (χ3n) is 1.82. The number of nitrogens with zero attached hydrogens (tertiary/aromatic N) is 2. The van der Waals surface area contributed by atoms with E-state index < -0.39 is 0 Å². The van der Waals surface area contributed by atoms with E-state index in [0.29, 0.717) is 11.2 Å². The zero-order chi connectivity index (χ0) is 10.8. The smallest absolute Gasteiger partial charge is 0.211 e. The van der Waals surface area contributed by atoms with Crippen molar-refractivity contribution in [3.05, 3.63) is 16.7 Å². The van der Waals surface area contributed by atoms with Crippen molar-refractivity contribution in [2.75, 3.05) is 5.75 Å². The summed E-state index contributed by atoms with van der Waals surface area (Å²) in [4.78, 5) is 9.43. The molecule has 0 aromatic carbocycles. The van der Waals surface area contributed by atoms with Crippen LogP contribution in [-0.4, -0.2) is 15.7 Å². The van der Waals surface area contributed by atoms with Gasteiger partial charge >= 0.3 is 0 Å². The SMILES string of the molecule is CC(C)CSc1nc(Cl)nc2sccc12. The van der Waals surface area contributed by atoms with Crippen LogP contribution in [0.25, 0.3) is 10.2 Å². The van der Waals surface area contributed by atoms with Crippen LogP contribution in [0.2, 0.25) is 5.28 Å². The van der Waals surface area contributed by atoms with Crippen molar-refractivity contribution in [3.8, 4) is 0 Å². The molecule has 0 aliphatic rings. The Balaban J connectivity index is 2.35. The van der Waals surface area contributed by atoms with E-state index in [0.717, 1.165) is 21.0 Å². The van der Waals surface area contributed by atoms with Gasteiger partial charge < -0.3 is 0 Å². The van der Waals surface area contributed by atoms with Crippen LogP contribution in [0.3, 0.4) is 0 Å². The van der Waals surface area contributed by atoms with Crippen LogP contribution < -0.4 is 0 Å². The van der Waals surface area contributed by atoms with E-state index in [1.54, 1.807) is 23.1 Å². The fraction of sp³-hybridized carbons (Fsp3) is 0.400. The highest BCUT2D eigenvalue weighted by Crippen LogP contribution is 2.30. The first kappa shape index (κ1) is 11.2. The lowest BCUT2D eigenvalue weighted by molar-refractivity contribution is 0.749. The zero-order valence-electron chi connectivity index (χ0n) is 8.53. The highest BCUT2D eigenvalue weighted by Gasteiger charge is 2.08. The predicted molar refractivity (Wildman–Crippen MR) is 68.0 cm³/mol. The van der Waals surface area contributed by atoms with Crippen LogP contribution in [0.5, 0.6) is 0 Å². The standard InChI is InChI=1S/C10H11ClN2S2/c1-6(2)5-15-9-7-3-4-14-8(7)12-10(11)13-9/h3-4,6H,5H2,1-2H3. The van der Waals surface area contributed by atoms with Crippen LogP contribution >= 0.6 is 34.7 Å². The maximum atomic E-state index is 5.87. The molecule has 0 fully saturated rings. The third kappa shape index (κ3) is 2.62. The van der Waals surface area contributed by atoms with Crippen molar-refractivity contribution in [3.63, 3.8) is 0 Å². The molecule has 0 amide bonds. The number of hydrogen-bond acceptors (Lipinski definition) is 4. The van der Waals surface area contributed by atoms with E-state index in [2.05, 4.69) is 29.9 Å². The molecule has 0 unspecified atom stereocenters. The van der Waals surface area contributed by atoms with Gasteiger partial charge in [-0.15, -0.1) is 23.1 Å². The van der Waals surface area contributed by atoms with E-state index in [9.17, 15) is 0 Å². The summed E-state index contributed by atoms with van der Waals surface area (Å²) in [5.74, 6) is 1.70. The normalized spacial score (nSPS) is 11.5. The number of aromatic nitrogens is 2. The highest BCUT2D eigenvalue weighted by molar-refractivity contribution is 7.99. The van der Waals surface area contributed by atoms with Gasteiger partial charge in [0.15, 0.2) is 0 Å². The first-order valence-electron chi connectivity index (χ1n) is 4.70. The molecule has 2 nitrogen and oxygen atoms in total. The second-order valence-corrected chi connectivity index (χ2v) is 5.88. The molecule has 0 bridgehead atoms. The molecule has 15 heavy (non-hydrogen) atoms. The Morgan fingerprint density at radius 1 is 1.47 bits per heavy atom. The first-order valence-corrected chi connectivity index (χ1v) is 6.94. The second-order valence-electron chi connectivity index (χ2n) is 3.64. The molecule has 5 heteroatoms. The molecule has 2 aromatic rings. The minimum atomic E-state index is 0.344. The molecule has 2 aromatic heterocycles. The quantitative estimate of drug-likeness (QED) is 0.471. The molecule has 2 heterocycles. The molecule has 0 aliphatic heterocycles. The molecule has 0 saturated carbocycles. The van der Waals surface area contributed by atoms with Crippen LogP contribution in [0.15, 0.2) is 16.5 Å². The van der Waals surface area contributed by atoms with Gasteiger partial charge in [-0.05, 0) is 29.0 Å². The average molecular weight is 259 g/mol. The third-order valence-corrected chi connectivity index (χ3v) is 4.21. The topological polar surface area (TPSA) is 25.8 Å². The van der Waals surface area contributed by atoms with Gasteiger partial charge in [0.25, 0.3) is 0 Å². The number of halogens is 1. The summed E-state index contributed by atoms with van der Waals surface area (Å²) in [6.45, 7) is 4.39. The Bertz CT molecular complexity index is 467. The predicted octanol–water partition coefficient (Wildman–Crippen LogP) is 4.09. The molecule has 0 spiro atoms. The van der Waals surface area contributed by atoms with Gasteiger partial charge in [0.05, 0.1) is 0 Å². The van der Waals surface area contributed by atoms with Crippen LogP contribution in [0.1, 0.15) is 13.8 Å². The van der Waals surface area contributed by atoms with Crippen LogP contribution in [0.4, 0.5) is 0 Å². The summed E-state index contributed by atoms with van der Waals surface area (Å²) < 4.78 is 0. The molecule has 0 atom stereocenters. The molecular formula is C10H11ClN2S2. The van der Waals surface area contributed by atoms with Gasteiger partial charge in [0, 0.05) is 11.1 Å². The van der Waals surface area contributed by atoms with Crippen molar-refractivity contribution in [1.29, 1.82) is 0 Å². The van der Waals surface area contributed by atoms with Gasteiger partial charge in [-0.2, -0.15) is 0 Å². The maximum absolute atomic E-state index is 5.87. The van der Waals surface area contributed by atoms with E-state index in [-0.39, 0.29) is 0 Å². The average Bonchev–Trinajstić information content (AvgIpc) is 2.61. The van der Waals surface area contributed by atoms with Crippen molar-refractivity contribution in [2.45, 2.75) is 18.9 Å². The minimum absolute atomic E-state index is 0.344. The number of thioether (sulfide) groups is 1. The lowest BCUT2D eigenvalue weighted by Gasteiger charge is -2.04. The minimum Gasteiger partial charge on any atom is -0.211 e. The van der Waals surface area contributed by atoms with E-state index in [1.165, 1.54) is 0 Å². The largest absolute Gasteiger partial charge is 0.224 e. The fourth-order valence-electron chi connectivity index (χ4n) is 1.16. The monoisotopic (exact) mass is 258 g/mol. The Morgan fingerprint density at radius 3 is 3.00 bits per heavy atom. The van der Waals surface area contributed by atoms with Gasteiger partial charge in [-0.25, -0.2) is 9.97 Å². The number of fused-ring (bicyclic) bond motifs is 1. The lowest BCUT2D eigenvalue weighted by Crippen LogP contribution is -1.93. The molecule has 2 rings (SSSR count). The fourth-order valence-corrected chi connectivity index (χ4v) is 3.22. The maximum Gasteiger partial charge on any atom is 0.224 e. The van der Waals surface area contributed by atoms with Crippen molar-refractivity contribution >= 4 is 44.9 Å². The first-order chi connectivity index (χ1) is 7.16. The number of thiophene rings is 1. The summed E-state index contributed by atoms with van der Waals surface area (Å²) in [5, 5.41) is 4.49. The molecule has 80 valence electrons. The van der Waals surface area contributed by atoms with E-state index in [1.807, 2.05) is 5.38 Å². The summed E-state index contributed by atoms with van der Waals surface area (Å²) in [7, 11) is 0.